The number of carbonyl (C=O) groups is 3. The number of hydrogen-bond donors (Lipinski definition) is 3. The summed E-state index contributed by atoms with van der Waals surface area (Å²) < 4.78 is 0. The van der Waals surface area contributed by atoms with Crippen molar-refractivity contribution in [3.63, 3.8) is 0 Å². The number of nitrogens with zero attached hydrogens (tertiary/aromatic N) is 1. The van der Waals surface area contributed by atoms with E-state index in [1.54, 1.807) is 12.1 Å². The summed E-state index contributed by atoms with van der Waals surface area (Å²) in [5, 5.41) is 8.56. The monoisotopic (exact) mass is 344 g/mol. The third kappa shape index (κ3) is 4.87. The van der Waals surface area contributed by atoms with E-state index in [0.29, 0.717) is 18.5 Å². The molecule has 0 aromatic heterocycles. The van der Waals surface area contributed by atoms with Gasteiger partial charge in [-0.1, -0.05) is 12.1 Å². The highest BCUT2D eigenvalue weighted by Crippen LogP contribution is 2.17. The van der Waals surface area contributed by atoms with E-state index in [1.165, 1.54) is 0 Å². The lowest BCUT2D eigenvalue weighted by Crippen LogP contribution is -2.46. The van der Waals surface area contributed by atoms with Crippen molar-refractivity contribution in [3.05, 3.63) is 35.4 Å². The first-order valence-corrected chi connectivity index (χ1v) is 8.76. The molecule has 3 N–H and O–H groups in total. The maximum atomic E-state index is 12.2. The highest BCUT2D eigenvalue weighted by molar-refractivity contribution is 6.03. The minimum absolute atomic E-state index is 0.0875. The fourth-order valence-electron chi connectivity index (χ4n) is 3.21. The highest BCUT2D eigenvalue weighted by Gasteiger charge is 2.30. The van der Waals surface area contributed by atoms with Gasteiger partial charge in [-0.05, 0) is 24.1 Å². The van der Waals surface area contributed by atoms with Crippen LogP contribution >= 0.6 is 0 Å². The Morgan fingerprint density at radius 1 is 1.16 bits per heavy atom. The van der Waals surface area contributed by atoms with Crippen molar-refractivity contribution in [1.82, 2.24) is 20.9 Å². The zero-order valence-electron chi connectivity index (χ0n) is 14.2. The maximum Gasteiger partial charge on any atom is 0.251 e. The zero-order chi connectivity index (χ0) is 17.6. The van der Waals surface area contributed by atoms with Gasteiger partial charge >= 0.3 is 0 Å². The molecule has 7 heteroatoms. The van der Waals surface area contributed by atoms with E-state index in [4.69, 9.17) is 0 Å². The van der Waals surface area contributed by atoms with Crippen molar-refractivity contribution in [2.45, 2.75) is 12.8 Å². The Kier molecular flexibility index (Phi) is 5.78. The van der Waals surface area contributed by atoms with Crippen LogP contribution in [0.2, 0.25) is 0 Å². The Bertz CT molecular complexity index is 638. The molecule has 2 heterocycles. The normalized spacial score (nSPS) is 21.2. The minimum atomic E-state index is -0.300. The average Bonchev–Trinajstić information content (AvgIpc) is 2.93. The van der Waals surface area contributed by atoms with Crippen LogP contribution < -0.4 is 16.0 Å². The molecule has 7 nitrogen and oxygen atoms in total. The second-order valence-corrected chi connectivity index (χ2v) is 6.56. The number of amides is 3. The summed E-state index contributed by atoms with van der Waals surface area (Å²) >= 11 is 0. The molecule has 0 aliphatic carbocycles. The summed E-state index contributed by atoms with van der Waals surface area (Å²) in [6, 6.07) is 7.23. The van der Waals surface area contributed by atoms with E-state index in [2.05, 4.69) is 20.9 Å². The van der Waals surface area contributed by atoms with Crippen molar-refractivity contribution < 1.29 is 14.4 Å². The molecule has 1 unspecified atom stereocenters. The molecule has 134 valence electrons. The molecule has 2 aliphatic heterocycles. The van der Waals surface area contributed by atoms with Gasteiger partial charge in [-0.2, -0.15) is 0 Å². The quantitative estimate of drug-likeness (QED) is 0.607. The summed E-state index contributed by atoms with van der Waals surface area (Å²) in [5.74, 6) is -0.808. The summed E-state index contributed by atoms with van der Waals surface area (Å²) in [4.78, 5) is 37.3. The first-order valence-electron chi connectivity index (χ1n) is 8.76. The predicted molar refractivity (Wildman–Crippen MR) is 93.0 cm³/mol. The first-order chi connectivity index (χ1) is 12.1. The minimum Gasteiger partial charge on any atom is -0.351 e. The van der Waals surface area contributed by atoms with Crippen molar-refractivity contribution in [1.29, 1.82) is 0 Å². The SMILES string of the molecule is O=C1CC(Cc2ccc(C(=O)NCCN3CCNCC3)cc2)C(=O)N1. The van der Waals surface area contributed by atoms with Crippen LogP contribution in [0, 0.1) is 5.92 Å². The second kappa shape index (κ2) is 8.22. The van der Waals surface area contributed by atoms with Crippen LogP contribution in [0.5, 0.6) is 0 Å². The maximum absolute atomic E-state index is 12.2. The molecular formula is C18H24N4O3. The number of imide groups is 1. The average molecular weight is 344 g/mol. The van der Waals surface area contributed by atoms with Gasteiger partial charge in [0.05, 0.1) is 5.92 Å². The molecule has 2 saturated heterocycles. The van der Waals surface area contributed by atoms with Gasteiger partial charge in [0.1, 0.15) is 0 Å². The Morgan fingerprint density at radius 2 is 1.88 bits per heavy atom. The second-order valence-electron chi connectivity index (χ2n) is 6.56. The van der Waals surface area contributed by atoms with Crippen LogP contribution in [-0.4, -0.2) is 61.9 Å². The van der Waals surface area contributed by atoms with E-state index >= 15 is 0 Å². The van der Waals surface area contributed by atoms with Crippen LogP contribution in [0.1, 0.15) is 22.3 Å². The van der Waals surface area contributed by atoms with Crippen molar-refractivity contribution in [2.24, 2.45) is 5.92 Å². The topological polar surface area (TPSA) is 90.5 Å². The van der Waals surface area contributed by atoms with Gasteiger partial charge < -0.3 is 10.6 Å². The van der Waals surface area contributed by atoms with E-state index in [0.717, 1.165) is 38.3 Å². The number of carbonyl (C=O) groups excluding carboxylic acids is 3. The zero-order valence-corrected chi connectivity index (χ0v) is 14.2. The van der Waals surface area contributed by atoms with E-state index in [9.17, 15) is 14.4 Å². The number of hydrogen-bond acceptors (Lipinski definition) is 5. The lowest BCUT2D eigenvalue weighted by atomic mass is 9.97. The molecule has 25 heavy (non-hydrogen) atoms. The number of benzene rings is 1. The summed E-state index contributed by atoms with van der Waals surface area (Å²) in [6.45, 7) is 5.52. The van der Waals surface area contributed by atoms with E-state index in [-0.39, 0.29) is 30.1 Å². The van der Waals surface area contributed by atoms with Crippen LogP contribution in [0.3, 0.4) is 0 Å². The number of rotatable bonds is 6. The van der Waals surface area contributed by atoms with Crippen LogP contribution in [0.25, 0.3) is 0 Å². The fraction of sp³-hybridized carbons (Fsp3) is 0.500. The first kappa shape index (κ1) is 17.6. The third-order valence-electron chi connectivity index (χ3n) is 4.69. The van der Waals surface area contributed by atoms with Crippen molar-refractivity contribution in [2.75, 3.05) is 39.3 Å². The Morgan fingerprint density at radius 3 is 2.52 bits per heavy atom. The van der Waals surface area contributed by atoms with Crippen LogP contribution in [0.4, 0.5) is 0 Å². The fourth-order valence-corrected chi connectivity index (χ4v) is 3.21. The van der Waals surface area contributed by atoms with Gasteiger partial charge in [0.25, 0.3) is 5.91 Å². The van der Waals surface area contributed by atoms with Gasteiger partial charge in [-0.3, -0.25) is 24.6 Å². The van der Waals surface area contributed by atoms with Gasteiger partial charge in [-0.15, -0.1) is 0 Å². The highest BCUT2D eigenvalue weighted by atomic mass is 16.2. The molecule has 1 aromatic carbocycles. The molecule has 0 saturated carbocycles. The smallest absolute Gasteiger partial charge is 0.251 e. The summed E-state index contributed by atoms with van der Waals surface area (Å²) in [7, 11) is 0. The predicted octanol–water partition coefficient (Wildman–Crippen LogP) is -0.473. The van der Waals surface area contributed by atoms with Crippen molar-refractivity contribution >= 4 is 17.7 Å². The van der Waals surface area contributed by atoms with Gasteiger partial charge in [0.15, 0.2) is 0 Å². The number of nitrogens with one attached hydrogen (secondary N) is 3. The van der Waals surface area contributed by atoms with Crippen LogP contribution in [-0.2, 0) is 16.0 Å². The Hall–Kier alpha value is -2.25. The Balaban J connectivity index is 1.45. The van der Waals surface area contributed by atoms with E-state index < -0.39 is 0 Å². The molecule has 0 spiro atoms. The van der Waals surface area contributed by atoms with Gasteiger partial charge in [0.2, 0.25) is 11.8 Å². The molecule has 3 rings (SSSR count). The molecule has 1 aromatic rings. The third-order valence-corrected chi connectivity index (χ3v) is 4.69. The van der Waals surface area contributed by atoms with Gasteiger partial charge in [0, 0.05) is 51.3 Å². The van der Waals surface area contributed by atoms with Crippen LogP contribution in [0.15, 0.2) is 24.3 Å². The lowest BCUT2D eigenvalue weighted by molar-refractivity contribution is -0.125. The summed E-state index contributed by atoms with van der Waals surface area (Å²) in [5.41, 5.74) is 1.56. The summed E-state index contributed by atoms with van der Waals surface area (Å²) in [6.07, 6.45) is 0.759. The molecule has 3 amide bonds. The molecule has 2 aliphatic rings. The largest absolute Gasteiger partial charge is 0.351 e. The number of piperazine rings is 1. The molecular weight excluding hydrogens is 320 g/mol. The molecule has 0 radical (unpaired) electrons. The molecule has 2 fully saturated rings. The standard InChI is InChI=1S/C18H24N4O3/c23-16-12-15(18(25)21-16)11-13-1-3-14(4-2-13)17(24)20-7-10-22-8-5-19-6-9-22/h1-4,15,19H,5-12H2,(H,20,24)(H,21,23,25). The Labute approximate surface area is 147 Å². The molecule has 0 bridgehead atoms. The lowest BCUT2D eigenvalue weighted by Gasteiger charge is -2.27. The van der Waals surface area contributed by atoms with E-state index in [1.807, 2.05) is 12.1 Å². The van der Waals surface area contributed by atoms with Crippen molar-refractivity contribution in [3.8, 4) is 0 Å². The molecule has 1 atom stereocenters. The van der Waals surface area contributed by atoms with Gasteiger partial charge in [-0.25, -0.2) is 0 Å².